The standard InChI is InChI=1S/C13H14ClN3/c14-11-3-1-2-10-12(5-7-16-13(10)11)17-9-4-6-15-8-9/h1-3,5,7,9,15H,4,6,8H2,(H,16,17)/t9-/m1/s1. The number of hydrogen-bond donors (Lipinski definition) is 2. The lowest BCUT2D eigenvalue weighted by atomic mass is 10.1. The first-order chi connectivity index (χ1) is 8.34. The summed E-state index contributed by atoms with van der Waals surface area (Å²) in [6.45, 7) is 2.10. The van der Waals surface area contributed by atoms with E-state index in [0.717, 1.165) is 36.1 Å². The van der Waals surface area contributed by atoms with E-state index >= 15 is 0 Å². The van der Waals surface area contributed by atoms with Crippen molar-refractivity contribution in [3.8, 4) is 0 Å². The highest BCUT2D eigenvalue weighted by molar-refractivity contribution is 6.35. The number of benzene rings is 1. The second-order valence-corrected chi connectivity index (χ2v) is 4.74. The van der Waals surface area contributed by atoms with Crippen molar-refractivity contribution in [3.63, 3.8) is 0 Å². The van der Waals surface area contributed by atoms with Crippen LogP contribution in [0.15, 0.2) is 30.5 Å². The molecule has 0 spiro atoms. The van der Waals surface area contributed by atoms with E-state index in [1.807, 2.05) is 18.2 Å². The number of anilines is 1. The first kappa shape index (κ1) is 10.8. The van der Waals surface area contributed by atoms with Gasteiger partial charge in [0.1, 0.15) is 0 Å². The van der Waals surface area contributed by atoms with E-state index in [1.165, 1.54) is 0 Å². The Hall–Kier alpha value is -1.32. The summed E-state index contributed by atoms with van der Waals surface area (Å²) in [6, 6.07) is 8.40. The van der Waals surface area contributed by atoms with Crippen LogP contribution in [0.5, 0.6) is 0 Å². The van der Waals surface area contributed by atoms with Gasteiger partial charge in [-0.3, -0.25) is 4.98 Å². The zero-order chi connectivity index (χ0) is 11.7. The minimum Gasteiger partial charge on any atom is -0.380 e. The number of halogens is 1. The number of pyridine rings is 1. The molecule has 17 heavy (non-hydrogen) atoms. The Balaban J connectivity index is 2.01. The highest BCUT2D eigenvalue weighted by Gasteiger charge is 2.15. The normalized spacial score (nSPS) is 19.7. The maximum absolute atomic E-state index is 6.14. The molecule has 1 saturated heterocycles. The minimum absolute atomic E-state index is 0.500. The molecule has 0 radical (unpaired) electrons. The van der Waals surface area contributed by atoms with Crippen molar-refractivity contribution < 1.29 is 0 Å². The van der Waals surface area contributed by atoms with E-state index in [1.54, 1.807) is 6.20 Å². The van der Waals surface area contributed by atoms with Gasteiger partial charge < -0.3 is 10.6 Å². The van der Waals surface area contributed by atoms with Crippen molar-refractivity contribution in [2.75, 3.05) is 18.4 Å². The highest BCUT2D eigenvalue weighted by Crippen LogP contribution is 2.27. The largest absolute Gasteiger partial charge is 0.380 e. The third-order valence-corrected chi connectivity index (χ3v) is 3.45. The lowest BCUT2D eigenvalue weighted by Gasteiger charge is -2.14. The molecule has 0 aliphatic carbocycles. The molecule has 1 atom stereocenters. The quantitative estimate of drug-likeness (QED) is 0.857. The summed E-state index contributed by atoms with van der Waals surface area (Å²) in [4.78, 5) is 4.33. The van der Waals surface area contributed by atoms with E-state index < -0.39 is 0 Å². The van der Waals surface area contributed by atoms with E-state index in [2.05, 4.69) is 21.7 Å². The predicted octanol–water partition coefficient (Wildman–Crippen LogP) is 2.66. The molecule has 0 saturated carbocycles. The summed E-state index contributed by atoms with van der Waals surface area (Å²) in [5.74, 6) is 0. The third-order valence-electron chi connectivity index (χ3n) is 3.14. The lowest BCUT2D eigenvalue weighted by molar-refractivity contribution is 0.794. The lowest BCUT2D eigenvalue weighted by Crippen LogP contribution is -2.22. The van der Waals surface area contributed by atoms with Crippen molar-refractivity contribution >= 4 is 28.2 Å². The zero-order valence-electron chi connectivity index (χ0n) is 9.41. The van der Waals surface area contributed by atoms with Crippen LogP contribution in [0.1, 0.15) is 6.42 Å². The second kappa shape index (κ2) is 4.51. The van der Waals surface area contributed by atoms with Gasteiger partial charge in [-0.15, -0.1) is 0 Å². The summed E-state index contributed by atoms with van der Waals surface area (Å²) >= 11 is 6.14. The summed E-state index contributed by atoms with van der Waals surface area (Å²) in [7, 11) is 0. The van der Waals surface area contributed by atoms with Crippen molar-refractivity contribution in [1.82, 2.24) is 10.3 Å². The molecule has 0 unspecified atom stereocenters. The summed E-state index contributed by atoms with van der Waals surface area (Å²) in [5.41, 5.74) is 1.98. The molecular weight excluding hydrogens is 234 g/mol. The molecule has 0 amide bonds. The van der Waals surface area contributed by atoms with Gasteiger partial charge in [0, 0.05) is 29.9 Å². The van der Waals surface area contributed by atoms with Gasteiger partial charge in [-0.25, -0.2) is 0 Å². The average molecular weight is 248 g/mol. The molecule has 3 nitrogen and oxygen atoms in total. The summed E-state index contributed by atoms with van der Waals surface area (Å²) < 4.78 is 0. The van der Waals surface area contributed by atoms with Crippen LogP contribution in [0.3, 0.4) is 0 Å². The SMILES string of the molecule is Clc1cccc2c(N[C@@H]3CCNC3)ccnc12. The maximum Gasteiger partial charge on any atom is 0.0908 e. The number of nitrogens with zero attached hydrogens (tertiary/aromatic N) is 1. The van der Waals surface area contributed by atoms with Gasteiger partial charge in [-0.05, 0) is 25.1 Å². The Kier molecular flexibility index (Phi) is 2.87. The van der Waals surface area contributed by atoms with Crippen LogP contribution < -0.4 is 10.6 Å². The van der Waals surface area contributed by atoms with Crippen LogP contribution in [0, 0.1) is 0 Å². The Bertz CT molecular complexity index is 535. The van der Waals surface area contributed by atoms with E-state index in [-0.39, 0.29) is 0 Å². The molecule has 88 valence electrons. The molecular formula is C13H14ClN3. The molecule has 2 N–H and O–H groups in total. The number of rotatable bonds is 2. The Morgan fingerprint density at radius 2 is 2.29 bits per heavy atom. The first-order valence-corrected chi connectivity index (χ1v) is 6.23. The molecule has 2 aromatic rings. The minimum atomic E-state index is 0.500. The fourth-order valence-electron chi connectivity index (χ4n) is 2.26. The molecule has 1 aromatic heterocycles. The number of nitrogens with one attached hydrogen (secondary N) is 2. The van der Waals surface area contributed by atoms with Gasteiger partial charge in [0.15, 0.2) is 0 Å². The van der Waals surface area contributed by atoms with Gasteiger partial charge >= 0.3 is 0 Å². The van der Waals surface area contributed by atoms with Crippen molar-refractivity contribution in [1.29, 1.82) is 0 Å². The van der Waals surface area contributed by atoms with Crippen molar-refractivity contribution in [2.24, 2.45) is 0 Å². The third kappa shape index (κ3) is 2.08. The topological polar surface area (TPSA) is 37.0 Å². The van der Waals surface area contributed by atoms with Crippen molar-refractivity contribution in [2.45, 2.75) is 12.5 Å². The van der Waals surface area contributed by atoms with E-state index in [9.17, 15) is 0 Å². The number of para-hydroxylation sites is 1. The van der Waals surface area contributed by atoms with E-state index in [0.29, 0.717) is 11.1 Å². The van der Waals surface area contributed by atoms with Gasteiger partial charge in [-0.1, -0.05) is 23.7 Å². The molecule has 4 heteroatoms. The van der Waals surface area contributed by atoms with Crippen LogP contribution in [-0.2, 0) is 0 Å². The van der Waals surface area contributed by atoms with Gasteiger partial charge in [-0.2, -0.15) is 0 Å². The van der Waals surface area contributed by atoms with E-state index in [4.69, 9.17) is 11.6 Å². The second-order valence-electron chi connectivity index (χ2n) is 4.33. The highest BCUT2D eigenvalue weighted by atomic mass is 35.5. The molecule has 2 heterocycles. The molecule has 1 aliphatic heterocycles. The Morgan fingerprint density at radius 3 is 3.12 bits per heavy atom. The summed E-state index contributed by atoms with van der Waals surface area (Å²) in [6.07, 6.45) is 2.96. The average Bonchev–Trinajstić information content (AvgIpc) is 2.83. The van der Waals surface area contributed by atoms with Gasteiger partial charge in [0.2, 0.25) is 0 Å². The number of aromatic nitrogens is 1. The molecule has 1 aliphatic rings. The smallest absolute Gasteiger partial charge is 0.0908 e. The molecule has 1 fully saturated rings. The Morgan fingerprint density at radius 1 is 1.35 bits per heavy atom. The zero-order valence-corrected chi connectivity index (χ0v) is 10.2. The van der Waals surface area contributed by atoms with Crippen LogP contribution >= 0.6 is 11.6 Å². The van der Waals surface area contributed by atoms with Gasteiger partial charge in [0.05, 0.1) is 10.5 Å². The monoisotopic (exact) mass is 247 g/mol. The van der Waals surface area contributed by atoms with Gasteiger partial charge in [0.25, 0.3) is 0 Å². The number of fused-ring (bicyclic) bond motifs is 1. The fourth-order valence-corrected chi connectivity index (χ4v) is 2.49. The molecule has 3 rings (SSSR count). The van der Waals surface area contributed by atoms with Crippen LogP contribution in [0.2, 0.25) is 5.02 Å². The predicted molar refractivity (Wildman–Crippen MR) is 71.7 cm³/mol. The molecule has 1 aromatic carbocycles. The fraction of sp³-hybridized carbons (Fsp3) is 0.308. The van der Waals surface area contributed by atoms with Crippen molar-refractivity contribution in [3.05, 3.63) is 35.5 Å². The van der Waals surface area contributed by atoms with Crippen LogP contribution in [0.25, 0.3) is 10.9 Å². The number of hydrogen-bond acceptors (Lipinski definition) is 3. The first-order valence-electron chi connectivity index (χ1n) is 5.85. The molecule has 0 bridgehead atoms. The maximum atomic E-state index is 6.14. The van der Waals surface area contributed by atoms with Crippen LogP contribution in [-0.4, -0.2) is 24.1 Å². The Labute approximate surface area is 105 Å². The van der Waals surface area contributed by atoms with Crippen LogP contribution in [0.4, 0.5) is 5.69 Å². The summed E-state index contributed by atoms with van der Waals surface area (Å²) in [5, 5.41) is 8.69.